The van der Waals surface area contributed by atoms with Crippen LogP contribution in [0.15, 0.2) is 24.3 Å². The number of carboxylic acid groups (broad SMARTS) is 1. The molecule has 3 fully saturated rings. The smallest absolute Gasteiger partial charge is 0.307 e. The van der Waals surface area contributed by atoms with Crippen LogP contribution >= 0.6 is 0 Å². The maximum Gasteiger partial charge on any atom is 0.307 e. The minimum atomic E-state index is -3.30. The highest BCUT2D eigenvalue weighted by atomic mass is 32.2. The lowest BCUT2D eigenvalue weighted by molar-refractivity contribution is -0.136. The van der Waals surface area contributed by atoms with Gasteiger partial charge in [0.05, 0.1) is 11.7 Å². The summed E-state index contributed by atoms with van der Waals surface area (Å²) in [4.78, 5) is 24.5. The Labute approximate surface area is 115 Å². The predicted octanol–water partition coefficient (Wildman–Crippen LogP) is 0.216. The standard InChI is InChI=1S/C13H13NO5S/c15-12(16)5-8-3-1-2-4-10(8)14-7-9-6-11(13(14)17)20(9,18)19/h1-4,9,11H,5-7H2,(H,15,16). The van der Waals surface area contributed by atoms with Gasteiger partial charge in [-0.2, -0.15) is 0 Å². The van der Waals surface area contributed by atoms with Crippen molar-refractivity contribution in [3.63, 3.8) is 0 Å². The number of carboxylic acids is 1. The average molecular weight is 295 g/mol. The lowest BCUT2D eigenvalue weighted by atomic mass is 10.0. The molecule has 106 valence electrons. The van der Waals surface area contributed by atoms with Crippen LogP contribution in [0.5, 0.6) is 0 Å². The number of hydrogen-bond donors (Lipinski definition) is 1. The zero-order valence-corrected chi connectivity index (χ0v) is 11.3. The molecule has 4 rings (SSSR count). The van der Waals surface area contributed by atoms with Crippen LogP contribution in [-0.2, 0) is 25.8 Å². The van der Waals surface area contributed by atoms with Crippen molar-refractivity contribution in [3.05, 3.63) is 29.8 Å². The summed E-state index contributed by atoms with van der Waals surface area (Å²) < 4.78 is 23.5. The van der Waals surface area contributed by atoms with Crippen LogP contribution in [0, 0.1) is 0 Å². The number of hydrogen-bond acceptors (Lipinski definition) is 4. The number of carbonyl (C=O) groups is 2. The van der Waals surface area contributed by atoms with Crippen molar-refractivity contribution < 1.29 is 23.1 Å². The summed E-state index contributed by atoms with van der Waals surface area (Å²) >= 11 is 0. The van der Waals surface area contributed by atoms with Crippen molar-refractivity contribution in [1.82, 2.24) is 0 Å². The molecule has 3 heterocycles. The number of carbonyl (C=O) groups excluding carboxylic acids is 1. The number of para-hydroxylation sites is 1. The molecule has 0 aromatic heterocycles. The molecule has 1 aromatic carbocycles. The van der Waals surface area contributed by atoms with Gasteiger partial charge < -0.3 is 10.0 Å². The van der Waals surface area contributed by atoms with Crippen molar-refractivity contribution >= 4 is 27.4 Å². The fraction of sp³-hybridized carbons (Fsp3) is 0.385. The Morgan fingerprint density at radius 3 is 2.65 bits per heavy atom. The van der Waals surface area contributed by atoms with Crippen molar-refractivity contribution in [2.45, 2.75) is 23.3 Å². The molecule has 0 saturated carbocycles. The second-order valence-corrected chi connectivity index (χ2v) is 7.50. The second-order valence-electron chi connectivity index (χ2n) is 5.08. The molecule has 0 radical (unpaired) electrons. The second kappa shape index (κ2) is 4.31. The lowest BCUT2D eigenvalue weighted by Gasteiger charge is -2.45. The fourth-order valence-electron chi connectivity index (χ4n) is 2.81. The van der Waals surface area contributed by atoms with Crippen LogP contribution in [-0.4, -0.2) is 42.4 Å². The van der Waals surface area contributed by atoms with Crippen LogP contribution < -0.4 is 4.90 Å². The van der Waals surface area contributed by atoms with Gasteiger partial charge in [-0.15, -0.1) is 0 Å². The van der Waals surface area contributed by atoms with Gasteiger partial charge in [-0.3, -0.25) is 9.59 Å². The van der Waals surface area contributed by atoms with E-state index in [4.69, 9.17) is 5.11 Å². The normalized spacial score (nSPS) is 27.0. The first-order valence-electron chi connectivity index (χ1n) is 6.25. The largest absolute Gasteiger partial charge is 0.481 e. The Hall–Kier alpha value is -1.89. The maximum absolute atomic E-state index is 12.2. The highest BCUT2D eigenvalue weighted by Gasteiger charge is 2.57. The summed E-state index contributed by atoms with van der Waals surface area (Å²) in [5.41, 5.74) is 1.02. The number of anilines is 1. The lowest BCUT2D eigenvalue weighted by Crippen LogP contribution is -2.65. The van der Waals surface area contributed by atoms with E-state index < -0.39 is 32.2 Å². The molecule has 6 nitrogen and oxygen atoms in total. The van der Waals surface area contributed by atoms with E-state index in [0.29, 0.717) is 17.7 Å². The van der Waals surface area contributed by atoms with Gasteiger partial charge in [-0.05, 0) is 18.1 Å². The number of benzene rings is 1. The molecule has 1 amide bonds. The molecule has 3 saturated heterocycles. The topological polar surface area (TPSA) is 91.8 Å². The SMILES string of the molecule is O=C(O)Cc1ccccc1N1CC2CC(C1=O)S2(=O)=O. The Balaban J connectivity index is 1.96. The highest BCUT2D eigenvalue weighted by Crippen LogP contribution is 2.39. The Morgan fingerprint density at radius 1 is 1.35 bits per heavy atom. The summed E-state index contributed by atoms with van der Waals surface area (Å²) in [6.45, 7) is 0.119. The third kappa shape index (κ3) is 1.81. The van der Waals surface area contributed by atoms with Crippen LogP contribution in [0.25, 0.3) is 0 Å². The van der Waals surface area contributed by atoms with Crippen molar-refractivity contribution in [3.8, 4) is 0 Å². The molecule has 2 unspecified atom stereocenters. The van der Waals surface area contributed by atoms with E-state index in [0.717, 1.165) is 0 Å². The zero-order valence-electron chi connectivity index (χ0n) is 10.5. The fourth-order valence-corrected chi connectivity index (χ4v) is 4.64. The number of nitrogens with zero attached hydrogens (tertiary/aromatic N) is 1. The molecule has 20 heavy (non-hydrogen) atoms. The van der Waals surface area contributed by atoms with Gasteiger partial charge in [-0.1, -0.05) is 18.2 Å². The Bertz CT molecular complexity index is 696. The molecule has 1 N–H and O–H groups in total. The highest BCUT2D eigenvalue weighted by molar-refractivity contribution is 7.95. The Kier molecular flexibility index (Phi) is 2.82. The summed E-state index contributed by atoms with van der Waals surface area (Å²) in [6, 6.07) is 6.72. The maximum atomic E-state index is 12.2. The molecule has 2 bridgehead atoms. The number of piperidine rings is 1. The van der Waals surface area contributed by atoms with Crippen molar-refractivity contribution in [1.29, 1.82) is 0 Å². The van der Waals surface area contributed by atoms with Crippen LogP contribution in [0.2, 0.25) is 0 Å². The monoisotopic (exact) mass is 295 g/mol. The third-order valence-electron chi connectivity index (χ3n) is 3.89. The summed E-state index contributed by atoms with van der Waals surface area (Å²) in [5, 5.41) is 7.44. The van der Waals surface area contributed by atoms with E-state index in [1.54, 1.807) is 24.3 Å². The van der Waals surface area contributed by atoms with Gasteiger partial charge in [0.25, 0.3) is 0 Å². The van der Waals surface area contributed by atoms with Gasteiger partial charge >= 0.3 is 5.97 Å². The van der Waals surface area contributed by atoms with Crippen LogP contribution in [0.1, 0.15) is 12.0 Å². The first-order valence-corrected chi connectivity index (χ1v) is 7.86. The molecule has 0 spiro atoms. The molecule has 2 atom stereocenters. The average Bonchev–Trinajstić information content (AvgIpc) is 2.38. The zero-order chi connectivity index (χ0) is 14.5. The van der Waals surface area contributed by atoms with E-state index in [1.807, 2.05) is 0 Å². The van der Waals surface area contributed by atoms with E-state index in [1.165, 1.54) is 4.90 Å². The quantitative estimate of drug-likeness (QED) is 0.861. The van der Waals surface area contributed by atoms with E-state index in [-0.39, 0.29) is 13.0 Å². The van der Waals surface area contributed by atoms with E-state index in [2.05, 4.69) is 0 Å². The molecule has 0 aliphatic carbocycles. The first kappa shape index (κ1) is 13.1. The van der Waals surface area contributed by atoms with Crippen LogP contribution in [0.4, 0.5) is 5.69 Å². The molecular weight excluding hydrogens is 282 g/mol. The van der Waals surface area contributed by atoms with Gasteiger partial charge in [-0.25, -0.2) is 8.42 Å². The van der Waals surface area contributed by atoms with E-state index in [9.17, 15) is 18.0 Å². The number of fused-ring (bicyclic) bond motifs is 2. The minimum absolute atomic E-state index is 0.119. The number of amides is 1. The minimum Gasteiger partial charge on any atom is -0.481 e. The first-order chi connectivity index (χ1) is 9.41. The molecule has 7 heteroatoms. The van der Waals surface area contributed by atoms with Crippen molar-refractivity contribution in [2.24, 2.45) is 0 Å². The summed E-state index contributed by atoms with van der Waals surface area (Å²) in [5.74, 6) is -1.43. The summed E-state index contributed by atoms with van der Waals surface area (Å²) in [7, 11) is -3.30. The molecular formula is C13H13NO5S. The van der Waals surface area contributed by atoms with Gasteiger partial charge in [0.15, 0.2) is 9.84 Å². The van der Waals surface area contributed by atoms with Crippen LogP contribution in [0.3, 0.4) is 0 Å². The van der Waals surface area contributed by atoms with E-state index >= 15 is 0 Å². The van der Waals surface area contributed by atoms with Gasteiger partial charge in [0, 0.05) is 12.2 Å². The molecule has 1 aromatic rings. The number of aliphatic carboxylic acids is 1. The Morgan fingerprint density at radius 2 is 2.05 bits per heavy atom. The predicted molar refractivity (Wildman–Crippen MR) is 71.2 cm³/mol. The summed E-state index contributed by atoms with van der Waals surface area (Å²) in [6.07, 6.45) is 0.195. The number of rotatable bonds is 3. The molecule has 3 aliphatic heterocycles. The van der Waals surface area contributed by atoms with Crippen molar-refractivity contribution in [2.75, 3.05) is 11.4 Å². The van der Waals surface area contributed by atoms with Gasteiger partial charge in [0.2, 0.25) is 5.91 Å². The third-order valence-corrected chi connectivity index (χ3v) is 6.35. The number of sulfone groups is 1. The molecule has 3 aliphatic rings. The van der Waals surface area contributed by atoms with Gasteiger partial charge in [0.1, 0.15) is 5.25 Å².